The van der Waals surface area contributed by atoms with Crippen molar-refractivity contribution in [1.29, 1.82) is 0 Å². The highest BCUT2D eigenvalue weighted by Gasteiger charge is 2.35. The zero-order valence-corrected chi connectivity index (χ0v) is 11.1. The summed E-state index contributed by atoms with van der Waals surface area (Å²) in [6.45, 7) is 1.96. The Morgan fingerprint density at radius 1 is 1.47 bits per heavy atom. The van der Waals surface area contributed by atoms with Gasteiger partial charge in [-0.05, 0) is 31.2 Å². The third kappa shape index (κ3) is 2.12. The molecule has 0 saturated heterocycles. The molecular formula is C12H12N2OS2. The van der Waals surface area contributed by atoms with Crippen LogP contribution in [0.15, 0.2) is 22.2 Å². The smallest absolute Gasteiger partial charge is 0.261 e. The van der Waals surface area contributed by atoms with E-state index in [2.05, 4.69) is 4.98 Å². The lowest BCUT2D eigenvalue weighted by molar-refractivity contribution is 0.0985. The van der Waals surface area contributed by atoms with Gasteiger partial charge in [-0.1, -0.05) is 0 Å². The number of carbonyl (C=O) groups is 1. The minimum atomic E-state index is 0.0862. The van der Waals surface area contributed by atoms with E-state index in [-0.39, 0.29) is 5.91 Å². The van der Waals surface area contributed by atoms with Gasteiger partial charge in [-0.2, -0.15) is 11.3 Å². The average molecular weight is 264 g/mol. The molecule has 0 spiro atoms. The number of aromatic nitrogens is 1. The predicted molar refractivity (Wildman–Crippen MR) is 71.0 cm³/mol. The van der Waals surface area contributed by atoms with Crippen LogP contribution in [-0.2, 0) is 0 Å². The van der Waals surface area contributed by atoms with Crippen molar-refractivity contribution in [2.75, 3.05) is 4.90 Å². The van der Waals surface area contributed by atoms with E-state index in [1.165, 1.54) is 0 Å². The fourth-order valence-corrected chi connectivity index (χ4v) is 3.22. The number of carbonyl (C=O) groups excluding carboxylic acids is 1. The molecule has 88 valence electrons. The maximum atomic E-state index is 12.4. The summed E-state index contributed by atoms with van der Waals surface area (Å²) in [5.41, 5.74) is 1.75. The monoisotopic (exact) mass is 264 g/mol. The highest BCUT2D eigenvalue weighted by Crippen LogP contribution is 2.34. The van der Waals surface area contributed by atoms with Gasteiger partial charge in [-0.15, -0.1) is 11.3 Å². The largest absolute Gasteiger partial charge is 0.281 e. The summed E-state index contributed by atoms with van der Waals surface area (Å²) >= 11 is 3.10. The van der Waals surface area contributed by atoms with Crippen molar-refractivity contribution < 1.29 is 4.79 Å². The van der Waals surface area contributed by atoms with Gasteiger partial charge >= 0.3 is 0 Å². The molecule has 17 heavy (non-hydrogen) atoms. The molecule has 0 bridgehead atoms. The Bertz CT molecular complexity index is 528. The highest BCUT2D eigenvalue weighted by molar-refractivity contribution is 7.14. The van der Waals surface area contributed by atoms with E-state index in [4.69, 9.17) is 0 Å². The molecule has 3 rings (SSSR count). The van der Waals surface area contributed by atoms with Crippen molar-refractivity contribution in [3.63, 3.8) is 0 Å². The third-order valence-corrected chi connectivity index (χ3v) is 4.35. The number of aryl methyl sites for hydroxylation is 1. The van der Waals surface area contributed by atoms with Gasteiger partial charge in [0, 0.05) is 16.8 Å². The lowest BCUT2D eigenvalue weighted by atomic mass is 10.3. The van der Waals surface area contributed by atoms with Crippen LogP contribution in [0.4, 0.5) is 5.13 Å². The second kappa shape index (κ2) is 4.23. The molecule has 0 atom stereocenters. The summed E-state index contributed by atoms with van der Waals surface area (Å²) in [7, 11) is 0. The minimum Gasteiger partial charge on any atom is -0.281 e. The first-order valence-corrected chi connectivity index (χ1v) is 7.36. The maximum absolute atomic E-state index is 12.4. The van der Waals surface area contributed by atoms with Gasteiger partial charge in [0.15, 0.2) is 5.13 Å². The summed E-state index contributed by atoms with van der Waals surface area (Å²) in [6.07, 6.45) is 2.18. The second-order valence-electron chi connectivity index (χ2n) is 4.19. The van der Waals surface area contributed by atoms with Crippen LogP contribution < -0.4 is 4.90 Å². The fraction of sp³-hybridized carbons (Fsp3) is 0.333. The molecule has 0 aliphatic heterocycles. The number of rotatable bonds is 3. The number of amides is 1. The van der Waals surface area contributed by atoms with Gasteiger partial charge in [0.05, 0.1) is 11.3 Å². The zero-order chi connectivity index (χ0) is 11.8. The summed E-state index contributed by atoms with van der Waals surface area (Å²) < 4.78 is 0. The van der Waals surface area contributed by atoms with Crippen LogP contribution >= 0.6 is 22.7 Å². The van der Waals surface area contributed by atoms with Crippen LogP contribution in [0.25, 0.3) is 0 Å². The van der Waals surface area contributed by atoms with Gasteiger partial charge in [-0.3, -0.25) is 9.69 Å². The lowest BCUT2D eigenvalue weighted by Crippen LogP contribution is -2.32. The molecule has 0 N–H and O–H groups in total. The van der Waals surface area contributed by atoms with E-state index in [1.807, 2.05) is 34.0 Å². The standard InChI is InChI=1S/C12H12N2OS2/c1-8-6-17-12(13-8)14(10-2-3-10)11(15)9-4-5-16-7-9/h4-7,10H,2-3H2,1H3. The summed E-state index contributed by atoms with van der Waals surface area (Å²) in [4.78, 5) is 18.7. The Morgan fingerprint density at radius 3 is 2.82 bits per heavy atom. The molecule has 0 unspecified atom stereocenters. The van der Waals surface area contributed by atoms with Crippen molar-refractivity contribution >= 4 is 33.7 Å². The van der Waals surface area contributed by atoms with E-state index in [1.54, 1.807) is 22.7 Å². The second-order valence-corrected chi connectivity index (χ2v) is 5.81. The van der Waals surface area contributed by atoms with Gasteiger partial charge in [0.25, 0.3) is 5.91 Å². The maximum Gasteiger partial charge on any atom is 0.261 e. The van der Waals surface area contributed by atoms with Crippen molar-refractivity contribution in [3.8, 4) is 0 Å². The number of anilines is 1. The van der Waals surface area contributed by atoms with Crippen molar-refractivity contribution in [3.05, 3.63) is 33.5 Å². The molecule has 1 fully saturated rings. The molecular weight excluding hydrogens is 252 g/mol. The molecule has 1 aliphatic rings. The van der Waals surface area contributed by atoms with Gasteiger partial charge in [-0.25, -0.2) is 4.98 Å². The minimum absolute atomic E-state index is 0.0862. The molecule has 3 nitrogen and oxygen atoms in total. The Balaban J connectivity index is 1.93. The summed E-state index contributed by atoms with van der Waals surface area (Å²) in [5, 5.41) is 6.66. The van der Waals surface area contributed by atoms with Crippen molar-refractivity contribution in [1.82, 2.24) is 4.98 Å². The van der Waals surface area contributed by atoms with Crippen molar-refractivity contribution in [2.45, 2.75) is 25.8 Å². The normalized spacial score (nSPS) is 14.9. The molecule has 2 aromatic rings. The van der Waals surface area contributed by atoms with Crippen molar-refractivity contribution in [2.24, 2.45) is 0 Å². The lowest BCUT2D eigenvalue weighted by Gasteiger charge is -2.18. The van der Waals surface area contributed by atoms with Crippen LogP contribution in [0.1, 0.15) is 28.9 Å². The molecule has 0 aromatic carbocycles. The van der Waals surface area contributed by atoms with Crippen LogP contribution in [-0.4, -0.2) is 16.9 Å². The van der Waals surface area contributed by atoms with E-state index >= 15 is 0 Å². The Labute approximate surface area is 108 Å². The number of hydrogen-bond acceptors (Lipinski definition) is 4. The van der Waals surface area contributed by atoms with E-state index in [0.29, 0.717) is 6.04 Å². The molecule has 1 aliphatic carbocycles. The van der Waals surface area contributed by atoms with E-state index in [0.717, 1.165) is 29.2 Å². The average Bonchev–Trinajstić information content (AvgIpc) is 2.82. The van der Waals surface area contributed by atoms with E-state index < -0.39 is 0 Å². The quantitative estimate of drug-likeness (QED) is 0.852. The predicted octanol–water partition coefficient (Wildman–Crippen LogP) is 3.32. The number of thiazole rings is 1. The molecule has 2 aromatic heterocycles. The molecule has 5 heteroatoms. The first-order chi connectivity index (χ1) is 8.25. The summed E-state index contributed by atoms with van der Waals surface area (Å²) in [6, 6.07) is 2.23. The Kier molecular flexibility index (Phi) is 2.72. The van der Waals surface area contributed by atoms with E-state index in [9.17, 15) is 4.79 Å². The Hall–Kier alpha value is -1.20. The third-order valence-electron chi connectivity index (χ3n) is 2.71. The van der Waals surface area contributed by atoms with Gasteiger partial charge in [0.1, 0.15) is 0 Å². The van der Waals surface area contributed by atoms with Gasteiger partial charge in [0.2, 0.25) is 0 Å². The number of hydrogen-bond donors (Lipinski definition) is 0. The molecule has 0 radical (unpaired) electrons. The topological polar surface area (TPSA) is 33.2 Å². The number of thiophene rings is 1. The fourth-order valence-electron chi connectivity index (χ4n) is 1.72. The first-order valence-electron chi connectivity index (χ1n) is 5.53. The van der Waals surface area contributed by atoms with Gasteiger partial charge < -0.3 is 0 Å². The Morgan fingerprint density at radius 2 is 2.29 bits per heavy atom. The van der Waals surface area contributed by atoms with Crippen LogP contribution in [0, 0.1) is 6.92 Å². The molecule has 1 amide bonds. The number of nitrogens with zero attached hydrogens (tertiary/aromatic N) is 2. The van der Waals surface area contributed by atoms with Crippen LogP contribution in [0.5, 0.6) is 0 Å². The SMILES string of the molecule is Cc1csc(N(C(=O)c2ccsc2)C2CC2)n1. The first kappa shape index (κ1) is 10.9. The van der Waals surface area contributed by atoms with Crippen LogP contribution in [0.3, 0.4) is 0 Å². The zero-order valence-electron chi connectivity index (χ0n) is 9.42. The molecule has 2 heterocycles. The molecule has 1 saturated carbocycles. The van der Waals surface area contributed by atoms with Crippen LogP contribution in [0.2, 0.25) is 0 Å². The summed E-state index contributed by atoms with van der Waals surface area (Å²) in [5.74, 6) is 0.0862. The highest BCUT2D eigenvalue weighted by atomic mass is 32.1.